The molecule has 8 heteroatoms. The van der Waals surface area contributed by atoms with Gasteiger partial charge in [-0.15, -0.1) is 10.2 Å². The first-order valence-electron chi connectivity index (χ1n) is 7.21. The van der Waals surface area contributed by atoms with Crippen molar-refractivity contribution in [3.8, 4) is 0 Å². The summed E-state index contributed by atoms with van der Waals surface area (Å²) in [7, 11) is 0. The Morgan fingerprint density at radius 1 is 1.04 bits per heavy atom. The highest BCUT2D eigenvalue weighted by Gasteiger charge is 2.13. The predicted molar refractivity (Wildman–Crippen MR) is 89.2 cm³/mol. The second-order valence-electron chi connectivity index (χ2n) is 4.96. The van der Waals surface area contributed by atoms with Crippen molar-refractivity contribution >= 4 is 35.0 Å². The molecule has 2 N–H and O–H groups in total. The molecule has 120 valence electrons. The van der Waals surface area contributed by atoms with Crippen LogP contribution in [0.1, 0.15) is 0 Å². The van der Waals surface area contributed by atoms with Crippen LogP contribution in [0.5, 0.6) is 0 Å². The van der Waals surface area contributed by atoms with Crippen molar-refractivity contribution in [3.05, 3.63) is 41.4 Å². The van der Waals surface area contributed by atoms with Crippen molar-refractivity contribution in [3.63, 3.8) is 0 Å². The van der Waals surface area contributed by atoms with Gasteiger partial charge in [-0.1, -0.05) is 11.6 Å². The second-order valence-corrected chi connectivity index (χ2v) is 5.40. The number of carbonyl (C=O) groups is 1. The lowest BCUT2D eigenvalue weighted by Crippen LogP contribution is -2.36. The first kappa shape index (κ1) is 15.5. The third-order valence-corrected chi connectivity index (χ3v) is 3.58. The van der Waals surface area contributed by atoms with Crippen LogP contribution in [0.15, 0.2) is 36.4 Å². The molecule has 0 unspecified atom stereocenters. The molecule has 1 fully saturated rings. The number of hydrogen-bond acceptors (Lipinski definition) is 5. The number of morpholine rings is 1. The minimum atomic E-state index is -0.388. The first-order chi connectivity index (χ1) is 11.2. The Labute approximate surface area is 138 Å². The quantitative estimate of drug-likeness (QED) is 0.902. The van der Waals surface area contributed by atoms with Gasteiger partial charge in [0.2, 0.25) is 0 Å². The molecule has 1 aliphatic heterocycles. The minimum Gasteiger partial charge on any atom is -0.378 e. The number of carbonyl (C=O) groups excluding carboxylic acids is 1. The smallest absolute Gasteiger partial charge is 0.324 e. The molecule has 1 saturated heterocycles. The second kappa shape index (κ2) is 7.26. The first-order valence-corrected chi connectivity index (χ1v) is 7.58. The van der Waals surface area contributed by atoms with Crippen LogP contribution in [0, 0.1) is 0 Å². The predicted octanol–water partition coefficient (Wildman–Crippen LogP) is 2.61. The highest BCUT2D eigenvalue weighted by Crippen LogP contribution is 2.15. The van der Waals surface area contributed by atoms with Crippen LogP contribution in [0.2, 0.25) is 5.02 Å². The maximum Gasteiger partial charge on any atom is 0.324 e. The summed E-state index contributed by atoms with van der Waals surface area (Å²) in [5.74, 6) is 1.16. The SMILES string of the molecule is O=C(Nc1ccc(Cl)cc1)Nc1ccc(N2CCOCC2)nn1. The fraction of sp³-hybridized carbons (Fsp3) is 0.267. The van der Waals surface area contributed by atoms with Crippen molar-refractivity contribution in [1.82, 2.24) is 10.2 Å². The molecule has 2 amide bonds. The zero-order valence-corrected chi connectivity index (χ0v) is 13.1. The average Bonchev–Trinajstić information content (AvgIpc) is 2.58. The van der Waals surface area contributed by atoms with Crippen LogP contribution < -0.4 is 15.5 Å². The summed E-state index contributed by atoms with van der Waals surface area (Å²) in [4.78, 5) is 14.0. The van der Waals surface area contributed by atoms with Crippen LogP contribution in [0.4, 0.5) is 22.1 Å². The van der Waals surface area contributed by atoms with Crippen LogP contribution in [-0.4, -0.2) is 42.5 Å². The molecule has 1 aliphatic rings. The molecule has 0 saturated carbocycles. The molecule has 2 aromatic rings. The molecular weight excluding hydrogens is 318 g/mol. The summed E-state index contributed by atoms with van der Waals surface area (Å²) in [5.41, 5.74) is 0.643. The fourth-order valence-corrected chi connectivity index (χ4v) is 2.29. The number of hydrogen-bond donors (Lipinski definition) is 2. The number of benzene rings is 1. The molecule has 0 bridgehead atoms. The van der Waals surface area contributed by atoms with E-state index >= 15 is 0 Å². The fourth-order valence-electron chi connectivity index (χ4n) is 2.16. The number of urea groups is 1. The molecular formula is C15H16ClN5O2. The summed E-state index contributed by atoms with van der Waals surface area (Å²) >= 11 is 5.80. The number of ether oxygens (including phenoxy) is 1. The summed E-state index contributed by atoms with van der Waals surface area (Å²) in [5, 5.41) is 14.1. The van der Waals surface area contributed by atoms with E-state index in [9.17, 15) is 4.79 Å². The molecule has 3 rings (SSSR count). The van der Waals surface area contributed by atoms with Crippen molar-refractivity contribution in [2.24, 2.45) is 0 Å². The molecule has 7 nitrogen and oxygen atoms in total. The Bertz CT molecular complexity index is 657. The molecule has 2 heterocycles. The molecule has 0 spiro atoms. The molecule has 23 heavy (non-hydrogen) atoms. The van der Waals surface area contributed by atoms with Crippen molar-refractivity contribution in [1.29, 1.82) is 0 Å². The maximum atomic E-state index is 11.9. The van der Waals surface area contributed by atoms with Gasteiger partial charge in [0.15, 0.2) is 11.6 Å². The standard InChI is InChI=1S/C15H16ClN5O2/c16-11-1-3-12(4-2-11)17-15(22)18-13-5-6-14(20-19-13)21-7-9-23-10-8-21/h1-6H,7-10H2,(H2,17,18,19,22). The number of anilines is 3. The molecule has 1 aromatic heterocycles. The van der Waals surface area contributed by atoms with E-state index in [-0.39, 0.29) is 6.03 Å². The van der Waals surface area contributed by atoms with Crippen LogP contribution in [-0.2, 0) is 4.74 Å². The van der Waals surface area contributed by atoms with Gasteiger partial charge < -0.3 is 15.0 Å². The number of aromatic nitrogens is 2. The normalized spacial score (nSPS) is 14.4. The molecule has 0 aliphatic carbocycles. The third-order valence-electron chi connectivity index (χ3n) is 3.33. The average molecular weight is 334 g/mol. The van der Waals surface area contributed by atoms with E-state index in [0.29, 0.717) is 29.7 Å². The van der Waals surface area contributed by atoms with Crippen LogP contribution in [0.3, 0.4) is 0 Å². The number of nitrogens with one attached hydrogen (secondary N) is 2. The zero-order chi connectivity index (χ0) is 16.1. The van der Waals surface area contributed by atoms with Gasteiger partial charge >= 0.3 is 6.03 Å². The van der Waals surface area contributed by atoms with E-state index in [1.165, 1.54) is 0 Å². The third kappa shape index (κ3) is 4.30. The van der Waals surface area contributed by atoms with Crippen molar-refractivity contribution < 1.29 is 9.53 Å². The highest BCUT2D eigenvalue weighted by atomic mass is 35.5. The van der Waals surface area contributed by atoms with E-state index in [2.05, 4.69) is 25.7 Å². The topological polar surface area (TPSA) is 79.4 Å². The van der Waals surface area contributed by atoms with E-state index in [1.807, 2.05) is 6.07 Å². The Hall–Kier alpha value is -2.38. The summed E-state index contributed by atoms with van der Waals surface area (Å²) in [6.45, 7) is 2.95. The van der Waals surface area contributed by atoms with Crippen molar-refractivity contribution in [2.45, 2.75) is 0 Å². The number of rotatable bonds is 3. The molecule has 0 atom stereocenters. The summed E-state index contributed by atoms with van der Waals surface area (Å²) in [6.07, 6.45) is 0. The Morgan fingerprint density at radius 3 is 2.43 bits per heavy atom. The number of nitrogens with zero attached hydrogens (tertiary/aromatic N) is 3. The van der Waals surface area contributed by atoms with E-state index in [0.717, 1.165) is 18.9 Å². The van der Waals surface area contributed by atoms with Crippen LogP contribution in [0.25, 0.3) is 0 Å². The Morgan fingerprint density at radius 2 is 1.78 bits per heavy atom. The van der Waals surface area contributed by atoms with Gasteiger partial charge in [0, 0.05) is 23.8 Å². The Kier molecular flexibility index (Phi) is 4.89. The summed E-state index contributed by atoms with van der Waals surface area (Å²) < 4.78 is 5.30. The van der Waals surface area contributed by atoms with Gasteiger partial charge in [-0.25, -0.2) is 4.79 Å². The lowest BCUT2D eigenvalue weighted by Gasteiger charge is -2.27. The van der Waals surface area contributed by atoms with Crippen molar-refractivity contribution in [2.75, 3.05) is 41.8 Å². The van der Waals surface area contributed by atoms with E-state index in [4.69, 9.17) is 16.3 Å². The lowest BCUT2D eigenvalue weighted by atomic mass is 10.3. The highest BCUT2D eigenvalue weighted by molar-refractivity contribution is 6.30. The minimum absolute atomic E-state index is 0.383. The monoisotopic (exact) mass is 333 g/mol. The number of amides is 2. The van der Waals surface area contributed by atoms with Gasteiger partial charge in [-0.05, 0) is 36.4 Å². The van der Waals surface area contributed by atoms with Gasteiger partial charge in [-0.3, -0.25) is 5.32 Å². The molecule has 0 radical (unpaired) electrons. The van der Waals surface area contributed by atoms with Gasteiger partial charge in [0.05, 0.1) is 13.2 Å². The van der Waals surface area contributed by atoms with Crippen LogP contribution >= 0.6 is 11.6 Å². The number of halogens is 1. The van der Waals surface area contributed by atoms with E-state index < -0.39 is 0 Å². The molecule has 1 aromatic carbocycles. The van der Waals surface area contributed by atoms with E-state index in [1.54, 1.807) is 30.3 Å². The van der Waals surface area contributed by atoms with Gasteiger partial charge in [-0.2, -0.15) is 0 Å². The maximum absolute atomic E-state index is 11.9. The summed E-state index contributed by atoms with van der Waals surface area (Å²) in [6, 6.07) is 10.0. The largest absolute Gasteiger partial charge is 0.378 e. The zero-order valence-electron chi connectivity index (χ0n) is 12.3. The Balaban J connectivity index is 1.57. The van der Waals surface area contributed by atoms with Gasteiger partial charge in [0.25, 0.3) is 0 Å². The van der Waals surface area contributed by atoms with Gasteiger partial charge in [0.1, 0.15) is 0 Å². The lowest BCUT2D eigenvalue weighted by molar-refractivity contribution is 0.122.